The average molecular weight is 403 g/mol. The summed E-state index contributed by atoms with van der Waals surface area (Å²) in [6.07, 6.45) is 7.75. The highest BCUT2D eigenvalue weighted by Gasteiger charge is 2.11. The Morgan fingerprint density at radius 2 is 1.53 bits per heavy atom. The lowest BCUT2D eigenvalue weighted by molar-refractivity contribution is 0.0951. The fourth-order valence-corrected chi connectivity index (χ4v) is 3.95. The SMILES string of the molecule is Cc1nccn1Cc1ccc(CNC(=O)c2ccc(CN3CCCCC3)cc2)cc1. The van der Waals surface area contributed by atoms with Crippen molar-refractivity contribution < 1.29 is 4.79 Å². The number of likely N-dealkylation sites (tertiary alicyclic amines) is 1. The molecule has 0 spiro atoms. The standard InChI is InChI=1S/C25H30N4O/c1-20-26-13-16-29(20)19-23-7-5-21(6-8-23)17-27-25(30)24-11-9-22(10-12-24)18-28-14-3-2-4-15-28/h5-13,16H,2-4,14-15,17-19H2,1H3,(H,27,30). The highest BCUT2D eigenvalue weighted by molar-refractivity contribution is 5.94. The summed E-state index contributed by atoms with van der Waals surface area (Å²) in [5, 5.41) is 3.03. The number of nitrogens with one attached hydrogen (secondary N) is 1. The summed E-state index contributed by atoms with van der Waals surface area (Å²) >= 11 is 0. The number of benzene rings is 2. The molecule has 0 unspecified atom stereocenters. The summed E-state index contributed by atoms with van der Waals surface area (Å²) in [7, 11) is 0. The Labute approximate surface area is 178 Å². The van der Waals surface area contributed by atoms with E-state index in [9.17, 15) is 4.79 Å². The lowest BCUT2D eigenvalue weighted by atomic mass is 10.1. The summed E-state index contributed by atoms with van der Waals surface area (Å²) in [5.74, 6) is 0.978. The maximum Gasteiger partial charge on any atom is 0.251 e. The molecule has 0 bridgehead atoms. The molecule has 1 saturated heterocycles. The van der Waals surface area contributed by atoms with Crippen LogP contribution in [0.25, 0.3) is 0 Å². The maximum atomic E-state index is 12.5. The molecule has 156 valence electrons. The van der Waals surface area contributed by atoms with Gasteiger partial charge in [-0.15, -0.1) is 0 Å². The van der Waals surface area contributed by atoms with E-state index in [0.29, 0.717) is 12.1 Å². The van der Waals surface area contributed by atoms with Gasteiger partial charge in [-0.2, -0.15) is 0 Å². The number of amides is 1. The van der Waals surface area contributed by atoms with Gasteiger partial charge in [0.15, 0.2) is 0 Å². The van der Waals surface area contributed by atoms with Crippen LogP contribution in [0.1, 0.15) is 52.1 Å². The largest absolute Gasteiger partial charge is 0.348 e. The van der Waals surface area contributed by atoms with Crippen LogP contribution in [-0.4, -0.2) is 33.4 Å². The second-order valence-corrected chi connectivity index (χ2v) is 8.14. The van der Waals surface area contributed by atoms with Crippen molar-refractivity contribution in [3.8, 4) is 0 Å². The van der Waals surface area contributed by atoms with Gasteiger partial charge in [0, 0.05) is 37.6 Å². The molecule has 0 radical (unpaired) electrons. The van der Waals surface area contributed by atoms with E-state index in [2.05, 4.69) is 56.2 Å². The highest BCUT2D eigenvalue weighted by atomic mass is 16.1. The van der Waals surface area contributed by atoms with Crippen molar-refractivity contribution in [1.82, 2.24) is 19.8 Å². The first-order chi connectivity index (χ1) is 14.7. The third-order valence-electron chi connectivity index (χ3n) is 5.82. The second kappa shape index (κ2) is 9.72. The van der Waals surface area contributed by atoms with E-state index in [4.69, 9.17) is 0 Å². The molecule has 5 nitrogen and oxygen atoms in total. The van der Waals surface area contributed by atoms with Gasteiger partial charge in [0.1, 0.15) is 5.82 Å². The van der Waals surface area contributed by atoms with Crippen LogP contribution in [0.2, 0.25) is 0 Å². The minimum absolute atomic E-state index is 0.0300. The van der Waals surface area contributed by atoms with Crippen molar-refractivity contribution in [3.05, 3.63) is 89.0 Å². The molecule has 1 amide bonds. The fraction of sp³-hybridized carbons (Fsp3) is 0.360. The lowest BCUT2D eigenvalue weighted by Gasteiger charge is -2.26. The quantitative estimate of drug-likeness (QED) is 0.646. The van der Waals surface area contributed by atoms with Crippen LogP contribution in [0.15, 0.2) is 60.9 Å². The molecular formula is C25H30N4O. The van der Waals surface area contributed by atoms with Crippen molar-refractivity contribution in [3.63, 3.8) is 0 Å². The van der Waals surface area contributed by atoms with Gasteiger partial charge in [-0.1, -0.05) is 42.8 Å². The minimum atomic E-state index is -0.0300. The molecule has 1 fully saturated rings. The first-order valence-electron chi connectivity index (χ1n) is 10.8. The smallest absolute Gasteiger partial charge is 0.251 e. The number of imidazole rings is 1. The third kappa shape index (κ3) is 5.36. The van der Waals surface area contributed by atoms with Crippen LogP contribution in [0.3, 0.4) is 0 Å². The molecule has 30 heavy (non-hydrogen) atoms. The predicted molar refractivity (Wildman–Crippen MR) is 119 cm³/mol. The third-order valence-corrected chi connectivity index (χ3v) is 5.82. The lowest BCUT2D eigenvalue weighted by Crippen LogP contribution is -2.29. The van der Waals surface area contributed by atoms with Gasteiger partial charge in [0.25, 0.3) is 5.91 Å². The highest BCUT2D eigenvalue weighted by Crippen LogP contribution is 2.14. The molecule has 2 heterocycles. The molecule has 5 heteroatoms. The number of aromatic nitrogens is 2. The number of hydrogen-bond acceptors (Lipinski definition) is 3. The molecule has 0 aliphatic carbocycles. The second-order valence-electron chi connectivity index (χ2n) is 8.14. The molecule has 2 aromatic carbocycles. The Bertz CT molecular complexity index is 954. The van der Waals surface area contributed by atoms with Crippen LogP contribution < -0.4 is 5.32 Å². The molecular weight excluding hydrogens is 372 g/mol. The summed E-state index contributed by atoms with van der Waals surface area (Å²) in [6, 6.07) is 16.4. The normalized spacial score (nSPS) is 14.6. The zero-order valence-electron chi connectivity index (χ0n) is 17.7. The summed E-state index contributed by atoms with van der Waals surface area (Å²) in [6.45, 7) is 6.68. The van der Waals surface area contributed by atoms with Gasteiger partial charge in [0.2, 0.25) is 0 Å². The molecule has 3 aromatic rings. The topological polar surface area (TPSA) is 50.2 Å². The molecule has 1 N–H and O–H groups in total. The van der Waals surface area contributed by atoms with Gasteiger partial charge in [-0.25, -0.2) is 4.98 Å². The van der Waals surface area contributed by atoms with E-state index in [1.54, 1.807) is 0 Å². The van der Waals surface area contributed by atoms with Crippen molar-refractivity contribution >= 4 is 5.91 Å². The number of piperidine rings is 1. The van der Waals surface area contributed by atoms with E-state index < -0.39 is 0 Å². The summed E-state index contributed by atoms with van der Waals surface area (Å²) in [5.41, 5.74) is 4.30. The van der Waals surface area contributed by atoms with E-state index in [-0.39, 0.29) is 5.91 Å². The molecule has 1 aliphatic rings. The zero-order chi connectivity index (χ0) is 20.8. The van der Waals surface area contributed by atoms with Gasteiger partial charge in [0.05, 0.1) is 0 Å². The zero-order valence-corrected chi connectivity index (χ0v) is 17.7. The Kier molecular flexibility index (Phi) is 6.60. The van der Waals surface area contributed by atoms with Crippen LogP contribution in [-0.2, 0) is 19.6 Å². The monoisotopic (exact) mass is 402 g/mol. The van der Waals surface area contributed by atoms with E-state index in [1.807, 2.05) is 31.5 Å². The average Bonchev–Trinajstić information content (AvgIpc) is 3.18. The van der Waals surface area contributed by atoms with Gasteiger partial charge >= 0.3 is 0 Å². The van der Waals surface area contributed by atoms with Gasteiger partial charge in [-0.05, 0) is 61.7 Å². The first-order valence-corrected chi connectivity index (χ1v) is 10.8. The number of aryl methyl sites for hydroxylation is 1. The Morgan fingerprint density at radius 1 is 0.900 bits per heavy atom. The van der Waals surface area contributed by atoms with Crippen LogP contribution in [0.4, 0.5) is 0 Å². The number of carbonyl (C=O) groups excluding carboxylic acids is 1. The van der Waals surface area contributed by atoms with E-state index in [1.165, 1.54) is 43.5 Å². The molecule has 1 aromatic heterocycles. The Hall–Kier alpha value is -2.92. The van der Waals surface area contributed by atoms with Crippen molar-refractivity contribution in [1.29, 1.82) is 0 Å². The minimum Gasteiger partial charge on any atom is -0.348 e. The van der Waals surface area contributed by atoms with Crippen molar-refractivity contribution in [2.24, 2.45) is 0 Å². The van der Waals surface area contributed by atoms with Crippen LogP contribution in [0.5, 0.6) is 0 Å². The van der Waals surface area contributed by atoms with Gasteiger partial charge in [-0.3, -0.25) is 9.69 Å². The van der Waals surface area contributed by atoms with E-state index in [0.717, 1.165) is 24.5 Å². The molecule has 4 rings (SSSR count). The summed E-state index contributed by atoms with van der Waals surface area (Å²) in [4.78, 5) is 19.3. The number of carbonyl (C=O) groups is 1. The summed E-state index contributed by atoms with van der Waals surface area (Å²) < 4.78 is 2.12. The maximum absolute atomic E-state index is 12.5. The number of hydrogen-bond donors (Lipinski definition) is 1. The number of rotatable bonds is 7. The fourth-order valence-electron chi connectivity index (χ4n) is 3.95. The first kappa shape index (κ1) is 20.4. The van der Waals surface area contributed by atoms with Crippen LogP contribution in [0, 0.1) is 6.92 Å². The van der Waals surface area contributed by atoms with Crippen molar-refractivity contribution in [2.45, 2.75) is 45.8 Å². The van der Waals surface area contributed by atoms with Crippen LogP contribution >= 0.6 is 0 Å². The molecule has 0 atom stereocenters. The number of nitrogens with zero attached hydrogens (tertiary/aromatic N) is 3. The van der Waals surface area contributed by atoms with Crippen molar-refractivity contribution in [2.75, 3.05) is 13.1 Å². The van der Waals surface area contributed by atoms with E-state index >= 15 is 0 Å². The predicted octanol–water partition coefficient (Wildman–Crippen LogP) is 4.16. The molecule has 1 aliphatic heterocycles. The molecule has 0 saturated carbocycles. The Balaban J connectivity index is 1.27. The van der Waals surface area contributed by atoms with Gasteiger partial charge < -0.3 is 9.88 Å². The Morgan fingerprint density at radius 3 is 2.20 bits per heavy atom.